The van der Waals surface area contributed by atoms with Gasteiger partial charge in [-0.05, 0) is 36.8 Å². The second-order valence-electron chi connectivity index (χ2n) is 3.47. The average Bonchev–Trinajstić information content (AvgIpc) is 2.86. The largest absolute Gasteiger partial charge is 0.496 e. The lowest BCUT2D eigenvalue weighted by atomic mass is 10.1. The molecule has 1 nitrogen and oxygen atoms in total. The van der Waals surface area contributed by atoms with Crippen LogP contribution in [0.15, 0.2) is 18.2 Å². The fraction of sp³-hybridized carbons (Fsp3) is 0.455. The van der Waals surface area contributed by atoms with Gasteiger partial charge < -0.3 is 4.74 Å². The predicted octanol–water partition coefficient (Wildman–Crippen LogP) is 2.88. The molecule has 1 heteroatoms. The van der Waals surface area contributed by atoms with Crippen molar-refractivity contribution in [1.82, 2.24) is 0 Å². The first kappa shape index (κ1) is 7.66. The molecule has 1 saturated carbocycles. The van der Waals surface area contributed by atoms with E-state index in [1.54, 1.807) is 7.11 Å². The minimum Gasteiger partial charge on any atom is -0.496 e. The number of ether oxygens (including phenoxy) is 1. The summed E-state index contributed by atoms with van der Waals surface area (Å²) in [6.45, 7) is 2.10. The molecule has 0 saturated heterocycles. The lowest BCUT2D eigenvalue weighted by Crippen LogP contribution is -1.92. The van der Waals surface area contributed by atoms with E-state index in [2.05, 4.69) is 25.1 Å². The molecule has 0 radical (unpaired) electrons. The number of hydrogen-bond acceptors (Lipinski definition) is 1. The maximum absolute atomic E-state index is 5.38. The third kappa shape index (κ3) is 1.20. The molecule has 0 unspecified atom stereocenters. The van der Waals surface area contributed by atoms with Gasteiger partial charge in [0.1, 0.15) is 5.75 Å². The molecule has 0 aliphatic heterocycles. The van der Waals surface area contributed by atoms with Gasteiger partial charge in [-0.1, -0.05) is 18.2 Å². The number of para-hydroxylation sites is 1. The van der Waals surface area contributed by atoms with E-state index >= 15 is 0 Å². The van der Waals surface area contributed by atoms with Crippen molar-refractivity contribution in [2.45, 2.75) is 25.7 Å². The quantitative estimate of drug-likeness (QED) is 0.649. The Morgan fingerprint density at radius 2 is 2.08 bits per heavy atom. The molecule has 0 bridgehead atoms. The van der Waals surface area contributed by atoms with Crippen LogP contribution in [0.25, 0.3) is 0 Å². The number of methoxy groups -OCH3 is 1. The fourth-order valence-electron chi connectivity index (χ4n) is 1.67. The van der Waals surface area contributed by atoms with Gasteiger partial charge in [0.05, 0.1) is 7.11 Å². The minimum atomic E-state index is 0.778. The van der Waals surface area contributed by atoms with Gasteiger partial charge in [0.25, 0.3) is 0 Å². The zero-order valence-corrected chi connectivity index (χ0v) is 7.63. The van der Waals surface area contributed by atoms with E-state index in [1.807, 2.05) is 0 Å². The first-order chi connectivity index (χ1) is 5.83. The van der Waals surface area contributed by atoms with E-state index in [-0.39, 0.29) is 0 Å². The highest BCUT2D eigenvalue weighted by Gasteiger charge is 2.26. The molecule has 0 heterocycles. The molecule has 0 atom stereocenters. The summed E-state index contributed by atoms with van der Waals surface area (Å²) in [6, 6.07) is 6.40. The van der Waals surface area contributed by atoms with E-state index in [1.165, 1.54) is 24.0 Å². The van der Waals surface area contributed by atoms with E-state index in [0.717, 1.165) is 11.7 Å². The molecular weight excluding hydrogens is 148 g/mol. The van der Waals surface area contributed by atoms with Crippen molar-refractivity contribution in [2.24, 2.45) is 0 Å². The highest BCUT2D eigenvalue weighted by Crippen LogP contribution is 2.44. The molecule has 12 heavy (non-hydrogen) atoms. The minimum absolute atomic E-state index is 0.778. The monoisotopic (exact) mass is 162 g/mol. The standard InChI is InChI=1S/C11H14O/c1-8-4-3-5-10(9-6-7-9)11(8)12-2/h3-5,9H,6-7H2,1-2H3. The van der Waals surface area contributed by atoms with Gasteiger partial charge in [-0.25, -0.2) is 0 Å². The summed E-state index contributed by atoms with van der Waals surface area (Å²) in [6.07, 6.45) is 2.67. The molecule has 0 N–H and O–H groups in total. The van der Waals surface area contributed by atoms with Crippen LogP contribution in [0.5, 0.6) is 5.75 Å². The van der Waals surface area contributed by atoms with E-state index in [0.29, 0.717) is 0 Å². The SMILES string of the molecule is COc1c(C)cccc1C1CC1. The number of rotatable bonds is 2. The molecule has 1 aliphatic carbocycles. The maximum atomic E-state index is 5.38. The van der Waals surface area contributed by atoms with Gasteiger partial charge in [0.2, 0.25) is 0 Å². The normalized spacial score (nSPS) is 16.2. The highest BCUT2D eigenvalue weighted by molar-refractivity contribution is 5.44. The van der Waals surface area contributed by atoms with Gasteiger partial charge in [-0.2, -0.15) is 0 Å². The summed E-state index contributed by atoms with van der Waals surface area (Å²) >= 11 is 0. The second-order valence-corrected chi connectivity index (χ2v) is 3.47. The summed E-state index contributed by atoms with van der Waals surface area (Å²) in [5.74, 6) is 1.87. The molecule has 2 rings (SSSR count). The third-order valence-electron chi connectivity index (χ3n) is 2.46. The molecule has 0 spiro atoms. The van der Waals surface area contributed by atoms with Crippen molar-refractivity contribution in [2.75, 3.05) is 7.11 Å². The number of aryl methyl sites for hydroxylation is 1. The van der Waals surface area contributed by atoms with Crippen molar-refractivity contribution in [3.8, 4) is 5.75 Å². The Balaban J connectivity index is 2.43. The van der Waals surface area contributed by atoms with E-state index in [9.17, 15) is 0 Å². The Hall–Kier alpha value is -0.980. The molecule has 64 valence electrons. The van der Waals surface area contributed by atoms with Gasteiger partial charge in [0, 0.05) is 0 Å². The summed E-state index contributed by atoms with van der Waals surface area (Å²) in [5, 5.41) is 0. The van der Waals surface area contributed by atoms with Crippen molar-refractivity contribution < 1.29 is 4.74 Å². The molecule has 1 aromatic carbocycles. The van der Waals surface area contributed by atoms with Crippen LogP contribution in [0.4, 0.5) is 0 Å². The molecule has 1 fully saturated rings. The Morgan fingerprint density at radius 1 is 1.33 bits per heavy atom. The number of hydrogen-bond donors (Lipinski definition) is 0. The Kier molecular flexibility index (Phi) is 1.80. The fourth-order valence-corrected chi connectivity index (χ4v) is 1.67. The summed E-state index contributed by atoms with van der Waals surface area (Å²) in [4.78, 5) is 0. The van der Waals surface area contributed by atoms with Crippen molar-refractivity contribution >= 4 is 0 Å². The summed E-state index contributed by atoms with van der Waals surface area (Å²) < 4.78 is 5.38. The highest BCUT2D eigenvalue weighted by atomic mass is 16.5. The topological polar surface area (TPSA) is 9.23 Å². The summed E-state index contributed by atoms with van der Waals surface area (Å²) in [7, 11) is 1.76. The lowest BCUT2D eigenvalue weighted by molar-refractivity contribution is 0.406. The molecule has 1 aromatic rings. The van der Waals surface area contributed by atoms with Crippen LogP contribution in [0.2, 0.25) is 0 Å². The van der Waals surface area contributed by atoms with E-state index in [4.69, 9.17) is 4.74 Å². The Morgan fingerprint density at radius 3 is 2.67 bits per heavy atom. The first-order valence-electron chi connectivity index (χ1n) is 4.46. The van der Waals surface area contributed by atoms with Crippen LogP contribution in [0, 0.1) is 6.92 Å². The number of benzene rings is 1. The lowest BCUT2D eigenvalue weighted by Gasteiger charge is -2.09. The maximum Gasteiger partial charge on any atom is 0.125 e. The van der Waals surface area contributed by atoms with Crippen LogP contribution in [-0.4, -0.2) is 7.11 Å². The van der Waals surface area contributed by atoms with Crippen LogP contribution in [0.1, 0.15) is 29.9 Å². The average molecular weight is 162 g/mol. The molecule has 0 amide bonds. The van der Waals surface area contributed by atoms with Crippen LogP contribution in [-0.2, 0) is 0 Å². The van der Waals surface area contributed by atoms with Gasteiger partial charge in [-0.15, -0.1) is 0 Å². The Labute approximate surface area is 73.4 Å². The van der Waals surface area contributed by atoms with Crippen molar-refractivity contribution in [1.29, 1.82) is 0 Å². The van der Waals surface area contributed by atoms with Gasteiger partial charge in [0.15, 0.2) is 0 Å². The van der Waals surface area contributed by atoms with Crippen LogP contribution < -0.4 is 4.74 Å². The third-order valence-corrected chi connectivity index (χ3v) is 2.46. The predicted molar refractivity (Wildman–Crippen MR) is 49.7 cm³/mol. The van der Waals surface area contributed by atoms with Crippen LogP contribution >= 0.6 is 0 Å². The van der Waals surface area contributed by atoms with Gasteiger partial charge in [-0.3, -0.25) is 0 Å². The Bertz CT molecular complexity index is 287. The van der Waals surface area contributed by atoms with E-state index < -0.39 is 0 Å². The first-order valence-corrected chi connectivity index (χ1v) is 4.46. The molecule has 0 aromatic heterocycles. The van der Waals surface area contributed by atoms with Crippen LogP contribution in [0.3, 0.4) is 0 Å². The second kappa shape index (κ2) is 2.81. The van der Waals surface area contributed by atoms with Crippen molar-refractivity contribution in [3.63, 3.8) is 0 Å². The smallest absolute Gasteiger partial charge is 0.125 e. The van der Waals surface area contributed by atoms with Gasteiger partial charge >= 0.3 is 0 Å². The zero-order chi connectivity index (χ0) is 8.55. The molecule has 1 aliphatic rings. The molecular formula is C11H14O. The summed E-state index contributed by atoms with van der Waals surface area (Å²) in [5.41, 5.74) is 2.65. The zero-order valence-electron chi connectivity index (χ0n) is 7.63. The van der Waals surface area contributed by atoms with Crippen molar-refractivity contribution in [3.05, 3.63) is 29.3 Å².